The Hall–Kier alpha value is -1.23. The van der Waals surface area contributed by atoms with Crippen LogP contribution in [0.3, 0.4) is 0 Å². The first-order chi connectivity index (χ1) is 6.65. The lowest BCUT2D eigenvalue weighted by atomic mass is 10.5. The molecule has 0 fully saturated rings. The Bertz CT molecular complexity index is 279. The molecule has 0 unspecified atom stereocenters. The second-order valence-electron chi connectivity index (χ2n) is 3.51. The van der Waals surface area contributed by atoms with Crippen molar-refractivity contribution in [1.29, 1.82) is 0 Å². The topological polar surface area (TPSA) is 59.1 Å². The van der Waals surface area contributed by atoms with Gasteiger partial charge < -0.3 is 16.0 Å². The third-order valence-corrected chi connectivity index (χ3v) is 1.97. The summed E-state index contributed by atoms with van der Waals surface area (Å²) in [5, 5.41) is 7.41. The molecule has 0 saturated carbocycles. The van der Waals surface area contributed by atoms with E-state index in [1.165, 1.54) is 0 Å². The molecule has 0 spiro atoms. The van der Waals surface area contributed by atoms with Crippen LogP contribution in [0.4, 0.5) is 11.5 Å². The van der Waals surface area contributed by atoms with E-state index in [2.05, 4.69) is 15.3 Å². The number of anilines is 2. The summed E-state index contributed by atoms with van der Waals surface area (Å²) in [4.78, 5) is 2.12. The molecule has 5 nitrogen and oxygen atoms in total. The number of nitrogens with two attached hydrogens (primary N) is 1. The number of hydrogen-bond acceptors (Lipinski definition) is 4. The van der Waals surface area contributed by atoms with Gasteiger partial charge >= 0.3 is 0 Å². The van der Waals surface area contributed by atoms with Gasteiger partial charge in [0.25, 0.3) is 0 Å². The molecule has 0 aliphatic rings. The minimum absolute atomic E-state index is 0.714. The van der Waals surface area contributed by atoms with E-state index in [4.69, 9.17) is 5.73 Å². The number of nitrogens with zero attached hydrogens (tertiary/aromatic N) is 3. The Labute approximate surface area is 84.9 Å². The van der Waals surface area contributed by atoms with Crippen LogP contribution in [0.5, 0.6) is 0 Å². The number of aromatic nitrogens is 2. The molecule has 1 aromatic rings. The first-order valence-electron chi connectivity index (χ1n) is 4.85. The highest BCUT2D eigenvalue weighted by Gasteiger charge is 2.06. The highest BCUT2D eigenvalue weighted by Crippen LogP contribution is 2.16. The quantitative estimate of drug-likeness (QED) is 0.720. The number of likely N-dealkylation sites (N-methyl/N-ethyl adjacent to an activating group) is 1. The van der Waals surface area contributed by atoms with Crippen LogP contribution in [0, 0.1) is 0 Å². The van der Waals surface area contributed by atoms with Crippen molar-refractivity contribution in [3.05, 3.63) is 6.20 Å². The summed E-state index contributed by atoms with van der Waals surface area (Å²) >= 11 is 0. The van der Waals surface area contributed by atoms with Gasteiger partial charge in [0.05, 0.1) is 18.4 Å². The molecule has 80 valence electrons. The predicted molar refractivity (Wildman–Crippen MR) is 59.4 cm³/mol. The van der Waals surface area contributed by atoms with Crippen molar-refractivity contribution in [3.8, 4) is 0 Å². The van der Waals surface area contributed by atoms with E-state index in [0.717, 1.165) is 25.5 Å². The fourth-order valence-electron chi connectivity index (χ4n) is 1.22. The molecule has 0 bridgehead atoms. The van der Waals surface area contributed by atoms with Crippen LogP contribution >= 0.6 is 0 Å². The van der Waals surface area contributed by atoms with Gasteiger partial charge in [-0.1, -0.05) is 0 Å². The van der Waals surface area contributed by atoms with Gasteiger partial charge in [-0.3, -0.25) is 0 Å². The Kier molecular flexibility index (Phi) is 3.76. The van der Waals surface area contributed by atoms with Crippen LogP contribution in [0.15, 0.2) is 6.20 Å². The van der Waals surface area contributed by atoms with Gasteiger partial charge in [0.2, 0.25) is 0 Å². The van der Waals surface area contributed by atoms with Gasteiger partial charge in [-0.2, -0.15) is 5.10 Å². The first kappa shape index (κ1) is 10.8. The van der Waals surface area contributed by atoms with Gasteiger partial charge in [0, 0.05) is 13.1 Å². The fourth-order valence-corrected chi connectivity index (χ4v) is 1.22. The van der Waals surface area contributed by atoms with Gasteiger partial charge in [-0.15, -0.1) is 0 Å². The largest absolute Gasteiger partial charge is 0.394 e. The molecule has 1 rings (SSSR count). The zero-order valence-corrected chi connectivity index (χ0v) is 9.12. The normalized spacial score (nSPS) is 10.9. The number of hydrogen-bond donors (Lipinski definition) is 2. The van der Waals surface area contributed by atoms with Crippen molar-refractivity contribution in [2.75, 3.05) is 38.2 Å². The van der Waals surface area contributed by atoms with Crippen molar-refractivity contribution in [2.24, 2.45) is 0 Å². The maximum atomic E-state index is 5.77. The van der Waals surface area contributed by atoms with Gasteiger partial charge in [-0.05, 0) is 21.0 Å². The zero-order valence-electron chi connectivity index (χ0n) is 9.12. The van der Waals surface area contributed by atoms with E-state index < -0.39 is 0 Å². The molecular formula is C9H19N5. The lowest BCUT2D eigenvalue weighted by Gasteiger charge is -2.12. The van der Waals surface area contributed by atoms with Crippen LogP contribution in [0.1, 0.15) is 6.92 Å². The van der Waals surface area contributed by atoms with E-state index >= 15 is 0 Å². The second kappa shape index (κ2) is 4.85. The average Bonchev–Trinajstić information content (AvgIpc) is 2.46. The summed E-state index contributed by atoms with van der Waals surface area (Å²) in [5.41, 5.74) is 6.49. The Morgan fingerprint density at radius 3 is 2.86 bits per heavy atom. The zero-order chi connectivity index (χ0) is 10.6. The number of nitrogen functional groups attached to an aromatic ring is 1. The van der Waals surface area contributed by atoms with Crippen LogP contribution < -0.4 is 11.1 Å². The van der Waals surface area contributed by atoms with Crippen molar-refractivity contribution in [2.45, 2.75) is 13.5 Å². The highest BCUT2D eigenvalue weighted by atomic mass is 15.3. The molecule has 0 aliphatic carbocycles. The lowest BCUT2D eigenvalue weighted by Crippen LogP contribution is -2.20. The molecule has 1 aromatic heterocycles. The van der Waals surface area contributed by atoms with Crippen molar-refractivity contribution in [3.63, 3.8) is 0 Å². The SMILES string of the molecule is CCNc1c(N)cnn1CCN(C)C. The van der Waals surface area contributed by atoms with E-state index in [0.29, 0.717) is 5.69 Å². The monoisotopic (exact) mass is 197 g/mol. The third kappa shape index (κ3) is 2.63. The average molecular weight is 197 g/mol. The molecule has 0 aromatic carbocycles. The van der Waals surface area contributed by atoms with Crippen LogP contribution in [-0.2, 0) is 6.54 Å². The third-order valence-electron chi connectivity index (χ3n) is 1.97. The minimum atomic E-state index is 0.714. The Balaban J connectivity index is 2.65. The molecule has 14 heavy (non-hydrogen) atoms. The highest BCUT2D eigenvalue weighted by molar-refractivity contribution is 5.60. The van der Waals surface area contributed by atoms with E-state index in [1.54, 1.807) is 6.20 Å². The molecular weight excluding hydrogens is 178 g/mol. The van der Waals surface area contributed by atoms with E-state index in [-0.39, 0.29) is 0 Å². The van der Waals surface area contributed by atoms with Gasteiger partial charge in [0.15, 0.2) is 0 Å². The summed E-state index contributed by atoms with van der Waals surface area (Å²) in [7, 11) is 4.08. The fraction of sp³-hybridized carbons (Fsp3) is 0.667. The Morgan fingerprint density at radius 2 is 2.29 bits per heavy atom. The van der Waals surface area contributed by atoms with Crippen molar-refractivity contribution >= 4 is 11.5 Å². The smallest absolute Gasteiger partial charge is 0.147 e. The first-order valence-corrected chi connectivity index (χ1v) is 4.85. The summed E-state index contributed by atoms with van der Waals surface area (Å²) < 4.78 is 1.90. The molecule has 0 radical (unpaired) electrons. The summed E-state index contributed by atoms with van der Waals surface area (Å²) in [6, 6.07) is 0. The van der Waals surface area contributed by atoms with Crippen molar-refractivity contribution < 1.29 is 0 Å². The van der Waals surface area contributed by atoms with Gasteiger partial charge in [-0.25, -0.2) is 4.68 Å². The molecule has 0 amide bonds. The summed E-state index contributed by atoms with van der Waals surface area (Å²) in [5.74, 6) is 0.925. The minimum Gasteiger partial charge on any atom is -0.394 e. The lowest BCUT2D eigenvalue weighted by molar-refractivity contribution is 0.374. The van der Waals surface area contributed by atoms with Gasteiger partial charge in [0.1, 0.15) is 5.82 Å². The predicted octanol–water partition coefficient (Wildman–Crippen LogP) is 0.459. The Morgan fingerprint density at radius 1 is 1.57 bits per heavy atom. The maximum Gasteiger partial charge on any atom is 0.147 e. The number of rotatable bonds is 5. The molecule has 0 atom stereocenters. The van der Waals surface area contributed by atoms with Crippen LogP contribution in [0.2, 0.25) is 0 Å². The number of nitrogens with one attached hydrogen (secondary N) is 1. The molecule has 5 heteroatoms. The summed E-state index contributed by atoms with van der Waals surface area (Å²) in [6.45, 7) is 4.71. The molecule has 3 N–H and O–H groups in total. The summed E-state index contributed by atoms with van der Waals surface area (Å²) in [6.07, 6.45) is 1.69. The maximum absolute atomic E-state index is 5.77. The molecule has 0 aliphatic heterocycles. The standard InChI is InChI=1S/C9H19N5/c1-4-11-9-8(10)7-12-14(9)6-5-13(2)3/h7,11H,4-6,10H2,1-3H3. The van der Waals surface area contributed by atoms with Crippen LogP contribution in [-0.4, -0.2) is 41.9 Å². The molecule has 0 saturated heterocycles. The van der Waals surface area contributed by atoms with E-state index in [9.17, 15) is 0 Å². The second-order valence-corrected chi connectivity index (χ2v) is 3.51. The van der Waals surface area contributed by atoms with Crippen molar-refractivity contribution in [1.82, 2.24) is 14.7 Å². The van der Waals surface area contributed by atoms with E-state index in [1.807, 2.05) is 25.7 Å². The van der Waals surface area contributed by atoms with Crippen LogP contribution in [0.25, 0.3) is 0 Å². The molecule has 1 heterocycles.